The van der Waals surface area contributed by atoms with Gasteiger partial charge in [-0.05, 0) is 31.0 Å². The Balaban J connectivity index is 1.55. The molecule has 0 fully saturated rings. The third-order valence-corrected chi connectivity index (χ3v) is 4.06. The van der Waals surface area contributed by atoms with Crippen LogP contribution in [0.5, 0.6) is 0 Å². The van der Waals surface area contributed by atoms with Gasteiger partial charge in [-0.1, -0.05) is 36.4 Å². The molecule has 6 heteroatoms. The Morgan fingerprint density at radius 2 is 2.00 bits per heavy atom. The van der Waals surface area contributed by atoms with Crippen molar-refractivity contribution in [1.29, 1.82) is 0 Å². The van der Waals surface area contributed by atoms with Crippen LogP contribution in [0.4, 0.5) is 4.79 Å². The quantitative estimate of drug-likeness (QED) is 0.644. The first-order valence-corrected chi connectivity index (χ1v) is 8.28. The van der Waals surface area contributed by atoms with Crippen LogP contribution < -0.4 is 10.6 Å². The Labute approximate surface area is 146 Å². The number of fused-ring (bicyclic) bond motifs is 1. The number of imidazole rings is 1. The zero-order chi connectivity index (χ0) is 17.6. The van der Waals surface area contributed by atoms with E-state index in [1.807, 2.05) is 66.1 Å². The maximum absolute atomic E-state index is 12.1. The van der Waals surface area contributed by atoms with E-state index in [2.05, 4.69) is 15.6 Å². The number of nitrogens with one attached hydrogen (secondary N) is 2. The molecule has 130 valence electrons. The van der Waals surface area contributed by atoms with Crippen molar-refractivity contribution in [3.05, 3.63) is 71.7 Å². The highest BCUT2D eigenvalue weighted by Crippen LogP contribution is 2.08. The van der Waals surface area contributed by atoms with Crippen molar-refractivity contribution in [2.75, 3.05) is 6.61 Å². The number of amides is 2. The average molecular weight is 338 g/mol. The molecule has 0 aliphatic heterocycles. The van der Waals surface area contributed by atoms with Crippen LogP contribution in [-0.2, 0) is 13.0 Å². The molecule has 3 aromatic rings. The molecule has 0 aliphatic rings. The fraction of sp³-hybridized carbons (Fsp3) is 0.263. The molecule has 2 heterocycles. The van der Waals surface area contributed by atoms with Gasteiger partial charge in [0.05, 0.1) is 24.9 Å². The molecule has 2 amide bonds. The Morgan fingerprint density at radius 3 is 2.72 bits per heavy atom. The van der Waals surface area contributed by atoms with Gasteiger partial charge < -0.3 is 20.1 Å². The van der Waals surface area contributed by atoms with Gasteiger partial charge >= 0.3 is 6.03 Å². The molecule has 2 aromatic heterocycles. The van der Waals surface area contributed by atoms with Crippen molar-refractivity contribution in [3.8, 4) is 0 Å². The molecule has 0 bridgehead atoms. The first kappa shape index (κ1) is 17.0. The lowest BCUT2D eigenvalue weighted by Gasteiger charge is -2.16. The van der Waals surface area contributed by atoms with Crippen LogP contribution in [0.25, 0.3) is 5.65 Å². The number of hydrogen-bond acceptors (Lipinski definition) is 3. The molecule has 0 spiro atoms. The van der Waals surface area contributed by atoms with Crippen LogP contribution in [0.3, 0.4) is 0 Å². The summed E-state index contributed by atoms with van der Waals surface area (Å²) < 4.78 is 1.99. The van der Waals surface area contributed by atoms with Crippen molar-refractivity contribution in [1.82, 2.24) is 20.0 Å². The Kier molecular flexibility index (Phi) is 5.30. The summed E-state index contributed by atoms with van der Waals surface area (Å²) in [4.78, 5) is 16.6. The summed E-state index contributed by atoms with van der Waals surface area (Å²) in [5, 5.41) is 15.1. The predicted octanol–water partition coefficient (Wildman–Crippen LogP) is 2.05. The molecule has 3 N–H and O–H groups in total. The number of rotatable bonds is 6. The van der Waals surface area contributed by atoms with Gasteiger partial charge in [-0.15, -0.1) is 0 Å². The number of aryl methyl sites for hydroxylation is 1. The molecule has 1 atom stereocenters. The van der Waals surface area contributed by atoms with Gasteiger partial charge in [0, 0.05) is 11.9 Å². The first-order chi connectivity index (χ1) is 12.2. The Morgan fingerprint density at radius 1 is 1.20 bits per heavy atom. The van der Waals surface area contributed by atoms with Crippen molar-refractivity contribution in [2.24, 2.45) is 0 Å². The van der Waals surface area contributed by atoms with Crippen LogP contribution in [-0.4, -0.2) is 33.2 Å². The number of aliphatic hydroxyl groups excluding tert-OH is 1. The van der Waals surface area contributed by atoms with Crippen LogP contribution in [0.2, 0.25) is 0 Å². The third-order valence-electron chi connectivity index (χ3n) is 4.06. The lowest BCUT2D eigenvalue weighted by Crippen LogP contribution is -2.44. The van der Waals surface area contributed by atoms with E-state index in [0.29, 0.717) is 13.0 Å². The van der Waals surface area contributed by atoms with E-state index >= 15 is 0 Å². The molecular weight excluding hydrogens is 316 g/mol. The number of pyridine rings is 1. The standard InChI is InChI=1S/C19H22N4O2/c1-14-6-5-9-18-21-17(12-23(14)18)11-20-19(25)22-16(13-24)10-15-7-3-2-4-8-15/h2-9,12,16,24H,10-11,13H2,1H3,(H2,20,22,25)/t16-/m0/s1. The van der Waals surface area contributed by atoms with Crippen molar-refractivity contribution in [2.45, 2.75) is 25.9 Å². The Hall–Kier alpha value is -2.86. The summed E-state index contributed by atoms with van der Waals surface area (Å²) in [6, 6.07) is 15.0. The molecule has 3 rings (SSSR count). The maximum atomic E-state index is 12.1. The SMILES string of the molecule is Cc1cccc2nc(CNC(=O)N[C@H](CO)Cc3ccccc3)cn12. The lowest BCUT2D eigenvalue weighted by atomic mass is 10.1. The lowest BCUT2D eigenvalue weighted by molar-refractivity contribution is 0.215. The van der Waals surface area contributed by atoms with Crippen molar-refractivity contribution in [3.63, 3.8) is 0 Å². The smallest absolute Gasteiger partial charge is 0.315 e. The van der Waals surface area contributed by atoms with Gasteiger partial charge in [-0.25, -0.2) is 9.78 Å². The monoisotopic (exact) mass is 338 g/mol. The minimum absolute atomic E-state index is 0.115. The summed E-state index contributed by atoms with van der Waals surface area (Å²) in [6.07, 6.45) is 2.50. The van der Waals surface area contributed by atoms with Gasteiger partial charge in [-0.3, -0.25) is 0 Å². The van der Waals surface area contributed by atoms with Gasteiger partial charge in [-0.2, -0.15) is 0 Å². The van der Waals surface area contributed by atoms with Crippen LogP contribution in [0.15, 0.2) is 54.7 Å². The number of nitrogens with zero attached hydrogens (tertiary/aromatic N) is 2. The summed E-state index contributed by atoms with van der Waals surface area (Å²) >= 11 is 0. The van der Waals surface area contributed by atoms with Crippen LogP contribution >= 0.6 is 0 Å². The largest absolute Gasteiger partial charge is 0.394 e. The van der Waals surface area contributed by atoms with Gasteiger partial charge in [0.25, 0.3) is 0 Å². The summed E-state index contributed by atoms with van der Waals surface area (Å²) in [7, 11) is 0. The normalized spacial score (nSPS) is 12.1. The highest BCUT2D eigenvalue weighted by molar-refractivity contribution is 5.74. The number of hydrogen-bond donors (Lipinski definition) is 3. The zero-order valence-electron chi connectivity index (χ0n) is 14.1. The molecule has 1 aromatic carbocycles. The van der Waals surface area contributed by atoms with Crippen molar-refractivity contribution >= 4 is 11.7 Å². The van der Waals surface area contributed by atoms with E-state index in [1.54, 1.807) is 0 Å². The fourth-order valence-electron chi connectivity index (χ4n) is 2.75. The molecular formula is C19H22N4O2. The first-order valence-electron chi connectivity index (χ1n) is 8.28. The molecule has 0 aliphatic carbocycles. The molecule has 0 unspecified atom stereocenters. The molecule has 0 radical (unpaired) electrons. The second-order valence-corrected chi connectivity index (χ2v) is 6.02. The van der Waals surface area contributed by atoms with Crippen molar-refractivity contribution < 1.29 is 9.90 Å². The molecule has 6 nitrogen and oxygen atoms in total. The van der Waals surface area contributed by atoms with Crippen LogP contribution in [0, 0.1) is 6.92 Å². The minimum atomic E-state index is -0.328. The number of aliphatic hydroxyl groups is 1. The third kappa shape index (κ3) is 4.36. The summed E-state index contributed by atoms with van der Waals surface area (Å²) in [5.41, 5.74) is 3.80. The average Bonchev–Trinajstić information content (AvgIpc) is 3.05. The topological polar surface area (TPSA) is 78.7 Å². The van der Waals surface area contributed by atoms with E-state index in [9.17, 15) is 9.90 Å². The maximum Gasteiger partial charge on any atom is 0.315 e. The van der Waals surface area contributed by atoms with E-state index in [0.717, 1.165) is 22.6 Å². The highest BCUT2D eigenvalue weighted by atomic mass is 16.3. The second kappa shape index (κ2) is 7.81. The highest BCUT2D eigenvalue weighted by Gasteiger charge is 2.12. The number of benzene rings is 1. The minimum Gasteiger partial charge on any atom is -0.394 e. The summed E-state index contributed by atoms with van der Waals surface area (Å²) in [6.45, 7) is 2.22. The van der Waals surface area contributed by atoms with E-state index in [-0.39, 0.29) is 18.7 Å². The second-order valence-electron chi connectivity index (χ2n) is 6.02. The molecule has 0 saturated carbocycles. The summed E-state index contributed by atoms with van der Waals surface area (Å²) in [5.74, 6) is 0. The van der Waals surface area contributed by atoms with Gasteiger partial charge in [0.15, 0.2) is 0 Å². The zero-order valence-corrected chi connectivity index (χ0v) is 14.1. The number of carbonyl (C=O) groups is 1. The molecule has 0 saturated heterocycles. The van der Waals surface area contributed by atoms with Gasteiger partial charge in [0.1, 0.15) is 5.65 Å². The van der Waals surface area contributed by atoms with Crippen LogP contribution in [0.1, 0.15) is 17.0 Å². The predicted molar refractivity (Wildman–Crippen MR) is 96.3 cm³/mol. The fourth-order valence-corrected chi connectivity index (χ4v) is 2.75. The molecule has 25 heavy (non-hydrogen) atoms. The number of aromatic nitrogens is 2. The Bertz CT molecular complexity index is 845. The van der Waals surface area contributed by atoms with E-state index in [4.69, 9.17) is 0 Å². The van der Waals surface area contributed by atoms with E-state index in [1.165, 1.54) is 0 Å². The number of urea groups is 1. The van der Waals surface area contributed by atoms with E-state index < -0.39 is 0 Å². The number of carbonyl (C=O) groups excluding carboxylic acids is 1. The van der Waals surface area contributed by atoms with Gasteiger partial charge in [0.2, 0.25) is 0 Å².